The summed E-state index contributed by atoms with van der Waals surface area (Å²) in [4.78, 5) is 22.8. The van der Waals surface area contributed by atoms with Gasteiger partial charge in [-0.25, -0.2) is 0 Å². The molecule has 6 heteroatoms. The minimum absolute atomic E-state index is 0.157. The van der Waals surface area contributed by atoms with Crippen LogP contribution in [-0.4, -0.2) is 33.3 Å². The van der Waals surface area contributed by atoms with Gasteiger partial charge >= 0.3 is 5.97 Å². The highest BCUT2D eigenvalue weighted by molar-refractivity contribution is 5.99. The lowest BCUT2D eigenvalue weighted by Gasteiger charge is -2.07. The molecule has 2 aromatic rings. The number of carbonyl (C=O) groups excluding carboxylic acids is 1. The van der Waals surface area contributed by atoms with Crippen molar-refractivity contribution in [1.29, 1.82) is 0 Å². The zero-order valence-corrected chi connectivity index (χ0v) is 13.2. The van der Waals surface area contributed by atoms with E-state index >= 15 is 0 Å². The molecule has 1 aromatic carbocycles. The molecule has 2 N–H and O–H groups in total. The molecule has 0 saturated heterocycles. The van der Waals surface area contributed by atoms with Crippen LogP contribution >= 0.6 is 0 Å². The summed E-state index contributed by atoms with van der Waals surface area (Å²) in [6.07, 6.45) is 3.93. The average molecular weight is 315 g/mol. The summed E-state index contributed by atoms with van der Waals surface area (Å²) in [7, 11) is 1.81. The molecule has 0 aliphatic heterocycles. The van der Waals surface area contributed by atoms with Crippen molar-refractivity contribution >= 4 is 11.9 Å². The van der Waals surface area contributed by atoms with Crippen LogP contribution in [0.25, 0.3) is 11.3 Å². The van der Waals surface area contributed by atoms with Crippen molar-refractivity contribution in [3.63, 3.8) is 0 Å². The predicted octanol–water partition coefficient (Wildman–Crippen LogP) is 2.46. The highest BCUT2D eigenvalue weighted by Crippen LogP contribution is 2.22. The number of amides is 1. The Morgan fingerprint density at radius 1 is 1.17 bits per heavy atom. The fourth-order valence-corrected chi connectivity index (χ4v) is 2.42. The maximum atomic E-state index is 12.3. The standard InChI is InChI=1S/C17H21N3O3/c1-20-16(13-8-4-2-5-9-13)14(12-19-20)17(23)18-11-7-3-6-10-15(21)22/h2,4-5,8-9,12H,3,6-7,10-11H2,1H3,(H,18,23)(H,21,22). The highest BCUT2D eigenvalue weighted by atomic mass is 16.4. The van der Waals surface area contributed by atoms with E-state index < -0.39 is 5.97 Å². The summed E-state index contributed by atoms with van der Waals surface area (Å²) in [5, 5.41) is 15.6. The van der Waals surface area contributed by atoms with Crippen molar-refractivity contribution in [3.8, 4) is 11.3 Å². The molecule has 2 rings (SSSR count). The van der Waals surface area contributed by atoms with Gasteiger partial charge in [-0.15, -0.1) is 0 Å². The van der Waals surface area contributed by atoms with E-state index in [0.717, 1.165) is 24.1 Å². The molecule has 6 nitrogen and oxygen atoms in total. The van der Waals surface area contributed by atoms with Crippen molar-refractivity contribution in [2.24, 2.45) is 7.05 Å². The van der Waals surface area contributed by atoms with E-state index in [1.165, 1.54) is 0 Å². The number of carboxylic acids is 1. The number of aliphatic carboxylic acids is 1. The summed E-state index contributed by atoms with van der Waals surface area (Å²) in [5.41, 5.74) is 2.28. The second-order valence-corrected chi connectivity index (χ2v) is 5.36. The molecule has 0 spiro atoms. The van der Waals surface area contributed by atoms with Crippen molar-refractivity contribution in [3.05, 3.63) is 42.1 Å². The van der Waals surface area contributed by atoms with Gasteiger partial charge in [-0.2, -0.15) is 5.10 Å². The Morgan fingerprint density at radius 2 is 1.91 bits per heavy atom. The topological polar surface area (TPSA) is 84.2 Å². The molecule has 0 saturated carbocycles. The molecule has 0 radical (unpaired) electrons. The van der Waals surface area contributed by atoms with Crippen LogP contribution in [0.4, 0.5) is 0 Å². The molecule has 0 fully saturated rings. The number of nitrogens with one attached hydrogen (secondary N) is 1. The van der Waals surface area contributed by atoms with Gasteiger partial charge in [-0.05, 0) is 12.8 Å². The smallest absolute Gasteiger partial charge is 0.303 e. The number of aryl methyl sites for hydroxylation is 1. The zero-order valence-electron chi connectivity index (χ0n) is 13.2. The fourth-order valence-electron chi connectivity index (χ4n) is 2.42. The van der Waals surface area contributed by atoms with Gasteiger partial charge in [0.05, 0.1) is 17.5 Å². The van der Waals surface area contributed by atoms with Crippen LogP contribution in [0.1, 0.15) is 36.0 Å². The Kier molecular flexibility index (Phi) is 5.91. The molecule has 1 aromatic heterocycles. The molecule has 23 heavy (non-hydrogen) atoms. The lowest BCUT2D eigenvalue weighted by molar-refractivity contribution is -0.137. The number of benzene rings is 1. The second-order valence-electron chi connectivity index (χ2n) is 5.36. The van der Waals surface area contributed by atoms with Gasteiger partial charge in [-0.1, -0.05) is 36.8 Å². The molecule has 0 bridgehead atoms. The predicted molar refractivity (Wildman–Crippen MR) is 87.1 cm³/mol. The molecule has 122 valence electrons. The van der Waals surface area contributed by atoms with Gasteiger partial charge in [0.15, 0.2) is 0 Å². The summed E-state index contributed by atoms with van der Waals surface area (Å²) in [6, 6.07) is 9.66. The third-order valence-electron chi connectivity index (χ3n) is 3.58. The Morgan fingerprint density at radius 3 is 2.61 bits per heavy atom. The van der Waals surface area contributed by atoms with Crippen LogP contribution in [0.2, 0.25) is 0 Å². The first-order chi connectivity index (χ1) is 11.1. The fraction of sp³-hybridized carbons (Fsp3) is 0.353. The van der Waals surface area contributed by atoms with E-state index in [0.29, 0.717) is 18.5 Å². The van der Waals surface area contributed by atoms with Gasteiger partial charge in [0.2, 0.25) is 0 Å². The summed E-state index contributed by atoms with van der Waals surface area (Å²) in [6.45, 7) is 0.529. The Labute approximate surface area is 135 Å². The minimum Gasteiger partial charge on any atom is -0.481 e. The van der Waals surface area contributed by atoms with E-state index in [-0.39, 0.29) is 12.3 Å². The first kappa shape index (κ1) is 16.7. The summed E-state index contributed by atoms with van der Waals surface area (Å²) in [5.74, 6) is -0.938. The summed E-state index contributed by atoms with van der Waals surface area (Å²) >= 11 is 0. The SMILES string of the molecule is Cn1ncc(C(=O)NCCCCCC(=O)O)c1-c1ccccc1. The molecular weight excluding hydrogens is 294 g/mol. The van der Waals surface area contributed by atoms with Crippen LogP contribution in [0, 0.1) is 0 Å². The zero-order chi connectivity index (χ0) is 16.7. The number of aromatic nitrogens is 2. The maximum absolute atomic E-state index is 12.3. The van der Waals surface area contributed by atoms with Gasteiger partial charge in [0, 0.05) is 25.6 Å². The number of unbranched alkanes of at least 4 members (excludes halogenated alkanes) is 2. The number of hydrogen-bond donors (Lipinski definition) is 2. The number of carbonyl (C=O) groups is 2. The largest absolute Gasteiger partial charge is 0.481 e. The van der Waals surface area contributed by atoms with Crippen LogP contribution < -0.4 is 5.32 Å². The van der Waals surface area contributed by atoms with Crippen molar-refractivity contribution in [1.82, 2.24) is 15.1 Å². The Balaban J connectivity index is 1.92. The number of hydrogen-bond acceptors (Lipinski definition) is 3. The Hall–Kier alpha value is -2.63. The van der Waals surface area contributed by atoms with E-state index in [9.17, 15) is 9.59 Å². The van der Waals surface area contributed by atoms with Gasteiger partial charge in [-0.3, -0.25) is 14.3 Å². The maximum Gasteiger partial charge on any atom is 0.303 e. The average Bonchev–Trinajstić information content (AvgIpc) is 2.93. The van der Waals surface area contributed by atoms with Crippen molar-refractivity contribution < 1.29 is 14.7 Å². The first-order valence-electron chi connectivity index (χ1n) is 7.67. The van der Waals surface area contributed by atoms with Crippen molar-refractivity contribution in [2.75, 3.05) is 6.54 Å². The molecule has 0 aliphatic carbocycles. The third kappa shape index (κ3) is 4.67. The first-order valence-corrected chi connectivity index (χ1v) is 7.67. The van der Waals surface area contributed by atoms with Crippen LogP contribution in [0.3, 0.4) is 0 Å². The van der Waals surface area contributed by atoms with E-state index in [2.05, 4.69) is 10.4 Å². The minimum atomic E-state index is -0.781. The van der Waals surface area contributed by atoms with Gasteiger partial charge in [0.1, 0.15) is 0 Å². The van der Waals surface area contributed by atoms with Crippen LogP contribution in [0.5, 0.6) is 0 Å². The lowest BCUT2D eigenvalue weighted by Crippen LogP contribution is -2.24. The molecule has 0 atom stereocenters. The van der Waals surface area contributed by atoms with Crippen LogP contribution in [-0.2, 0) is 11.8 Å². The highest BCUT2D eigenvalue weighted by Gasteiger charge is 2.16. The lowest BCUT2D eigenvalue weighted by atomic mass is 10.1. The van der Waals surface area contributed by atoms with Gasteiger partial charge < -0.3 is 10.4 Å². The molecule has 1 heterocycles. The third-order valence-corrected chi connectivity index (χ3v) is 3.58. The molecule has 1 amide bonds. The van der Waals surface area contributed by atoms with Crippen LogP contribution in [0.15, 0.2) is 36.5 Å². The second kappa shape index (κ2) is 8.12. The van der Waals surface area contributed by atoms with E-state index in [1.807, 2.05) is 37.4 Å². The summed E-state index contributed by atoms with van der Waals surface area (Å²) < 4.78 is 1.69. The Bertz CT molecular complexity index is 665. The monoisotopic (exact) mass is 315 g/mol. The number of carboxylic acid groups (broad SMARTS) is 1. The van der Waals surface area contributed by atoms with Crippen molar-refractivity contribution in [2.45, 2.75) is 25.7 Å². The number of rotatable bonds is 8. The van der Waals surface area contributed by atoms with E-state index in [4.69, 9.17) is 5.11 Å². The van der Waals surface area contributed by atoms with Gasteiger partial charge in [0.25, 0.3) is 5.91 Å². The van der Waals surface area contributed by atoms with E-state index in [1.54, 1.807) is 10.9 Å². The number of nitrogens with zero attached hydrogens (tertiary/aromatic N) is 2. The normalized spacial score (nSPS) is 10.5. The molecule has 0 aliphatic rings. The molecule has 0 unspecified atom stereocenters. The molecular formula is C17H21N3O3. The quantitative estimate of drug-likeness (QED) is 0.733.